The molecule has 0 bridgehead atoms. The molecule has 4 rings (SSSR count). The summed E-state index contributed by atoms with van der Waals surface area (Å²) in [6.45, 7) is 3.81. The van der Waals surface area contributed by atoms with E-state index in [1.807, 2.05) is 41.1 Å². The molecule has 1 aliphatic heterocycles. The molecule has 1 fully saturated rings. The van der Waals surface area contributed by atoms with Crippen LogP contribution in [0.1, 0.15) is 22.2 Å². The zero-order valence-electron chi connectivity index (χ0n) is 15.4. The third-order valence-corrected chi connectivity index (χ3v) is 5.74. The summed E-state index contributed by atoms with van der Waals surface area (Å²) < 4.78 is 18.8. The molecule has 0 spiro atoms. The van der Waals surface area contributed by atoms with Crippen LogP contribution in [-0.4, -0.2) is 43.5 Å². The number of piperazine rings is 1. The standard InChI is InChI=1S/C21H22FN3O2S/c22-17-3-5-18(6-4-17)24-8-10-25(11-9-24)19(20-2-1-12-27-20)14-23-21(26)16-7-13-28-15-16/h1-7,12-13,15,19H,8-11,14H2,(H,23,26)/t19-/m1/s1. The maximum atomic E-state index is 13.2. The number of carbonyl (C=O) groups is 1. The predicted molar refractivity (Wildman–Crippen MR) is 108 cm³/mol. The molecule has 146 valence electrons. The predicted octanol–water partition coefficient (Wildman–Crippen LogP) is 3.77. The number of nitrogens with one attached hydrogen (secondary N) is 1. The molecule has 0 unspecified atom stereocenters. The van der Waals surface area contributed by atoms with E-state index >= 15 is 0 Å². The molecule has 1 N–H and O–H groups in total. The molecule has 0 radical (unpaired) electrons. The molecule has 0 aliphatic carbocycles. The van der Waals surface area contributed by atoms with E-state index in [1.165, 1.54) is 23.5 Å². The van der Waals surface area contributed by atoms with Crippen LogP contribution in [0.25, 0.3) is 0 Å². The summed E-state index contributed by atoms with van der Waals surface area (Å²) in [5.74, 6) is 0.560. The van der Waals surface area contributed by atoms with Crippen molar-refractivity contribution in [2.75, 3.05) is 37.6 Å². The van der Waals surface area contributed by atoms with Gasteiger partial charge >= 0.3 is 0 Å². The molecule has 3 aromatic rings. The largest absolute Gasteiger partial charge is 0.468 e. The molecule has 5 nitrogen and oxygen atoms in total. The maximum absolute atomic E-state index is 13.2. The highest BCUT2D eigenvalue weighted by atomic mass is 32.1. The van der Waals surface area contributed by atoms with Gasteiger partial charge in [0.15, 0.2) is 0 Å². The Morgan fingerprint density at radius 1 is 1.14 bits per heavy atom. The first-order valence-corrected chi connectivity index (χ1v) is 10.2. The summed E-state index contributed by atoms with van der Waals surface area (Å²) in [5.41, 5.74) is 1.71. The number of carbonyl (C=O) groups excluding carboxylic acids is 1. The van der Waals surface area contributed by atoms with E-state index in [1.54, 1.807) is 6.26 Å². The van der Waals surface area contributed by atoms with Crippen LogP contribution >= 0.6 is 11.3 Å². The first-order chi connectivity index (χ1) is 13.7. The van der Waals surface area contributed by atoms with Crippen LogP contribution in [0.2, 0.25) is 0 Å². The fourth-order valence-corrected chi connectivity index (χ4v) is 4.16. The van der Waals surface area contributed by atoms with E-state index in [2.05, 4.69) is 15.1 Å². The molecule has 7 heteroatoms. The lowest BCUT2D eigenvalue weighted by Crippen LogP contribution is -2.49. The first-order valence-electron chi connectivity index (χ1n) is 9.29. The number of nitrogens with zero attached hydrogens (tertiary/aromatic N) is 2. The lowest BCUT2D eigenvalue weighted by molar-refractivity contribution is 0.0923. The molecule has 1 atom stereocenters. The van der Waals surface area contributed by atoms with Crippen LogP contribution < -0.4 is 10.2 Å². The van der Waals surface area contributed by atoms with Crippen LogP contribution in [-0.2, 0) is 0 Å². The summed E-state index contributed by atoms with van der Waals surface area (Å²) in [7, 11) is 0. The average molecular weight is 399 g/mol. The van der Waals surface area contributed by atoms with Crippen molar-refractivity contribution in [2.45, 2.75) is 6.04 Å². The van der Waals surface area contributed by atoms with Gasteiger partial charge in [0.05, 0.1) is 12.3 Å². The number of halogens is 1. The molecular weight excluding hydrogens is 377 g/mol. The van der Waals surface area contributed by atoms with E-state index in [9.17, 15) is 9.18 Å². The van der Waals surface area contributed by atoms with Crippen LogP contribution in [0.4, 0.5) is 10.1 Å². The summed E-state index contributed by atoms with van der Waals surface area (Å²) >= 11 is 1.51. The molecule has 0 saturated carbocycles. The Bertz CT molecular complexity index is 873. The number of benzene rings is 1. The Labute approximate surface area is 167 Å². The number of rotatable bonds is 6. The number of hydrogen-bond acceptors (Lipinski definition) is 5. The fraction of sp³-hybridized carbons (Fsp3) is 0.286. The second-order valence-corrected chi connectivity index (χ2v) is 7.53. The van der Waals surface area contributed by atoms with Crippen molar-refractivity contribution in [1.82, 2.24) is 10.2 Å². The molecule has 1 amide bonds. The highest BCUT2D eigenvalue weighted by Crippen LogP contribution is 2.24. The van der Waals surface area contributed by atoms with Gasteiger partial charge in [-0.3, -0.25) is 9.69 Å². The van der Waals surface area contributed by atoms with E-state index in [-0.39, 0.29) is 17.8 Å². The second kappa shape index (κ2) is 8.58. The minimum absolute atomic E-state index is 0.0204. The van der Waals surface area contributed by atoms with Gasteiger partial charge in [-0.1, -0.05) is 0 Å². The average Bonchev–Trinajstić information content (AvgIpc) is 3.44. The molecule has 28 heavy (non-hydrogen) atoms. The van der Waals surface area contributed by atoms with E-state index in [0.717, 1.165) is 37.6 Å². The van der Waals surface area contributed by atoms with Gasteiger partial charge in [0.2, 0.25) is 0 Å². The van der Waals surface area contributed by atoms with Gasteiger partial charge < -0.3 is 14.6 Å². The van der Waals surface area contributed by atoms with E-state index < -0.39 is 0 Å². The van der Waals surface area contributed by atoms with Crippen molar-refractivity contribution in [1.29, 1.82) is 0 Å². The summed E-state index contributed by atoms with van der Waals surface area (Å²) in [5, 5.41) is 6.77. The summed E-state index contributed by atoms with van der Waals surface area (Å²) in [6, 6.07) is 12.2. The normalized spacial score (nSPS) is 16.1. The summed E-state index contributed by atoms with van der Waals surface area (Å²) in [6.07, 6.45) is 1.66. The van der Waals surface area contributed by atoms with Crippen LogP contribution in [0.15, 0.2) is 63.9 Å². The van der Waals surface area contributed by atoms with Gasteiger partial charge in [-0.25, -0.2) is 4.39 Å². The third kappa shape index (κ3) is 4.26. The van der Waals surface area contributed by atoms with Crippen molar-refractivity contribution in [3.05, 3.63) is 76.6 Å². The topological polar surface area (TPSA) is 48.7 Å². The van der Waals surface area contributed by atoms with Crippen molar-refractivity contribution in [3.63, 3.8) is 0 Å². The zero-order valence-corrected chi connectivity index (χ0v) is 16.2. The van der Waals surface area contributed by atoms with Gasteiger partial charge in [0.1, 0.15) is 11.6 Å². The Hall–Kier alpha value is -2.64. The Balaban J connectivity index is 1.40. The smallest absolute Gasteiger partial charge is 0.252 e. The van der Waals surface area contributed by atoms with Crippen molar-refractivity contribution < 1.29 is 13.6 Å². The van der Waals surface area contributed by atoms with Gasteiger partial charge in [0, 0.05) is 49.4 Å². The number of amides is 1. The third-order valence-electron chi connectivity index (χ3n) is 5.06. The fourth-order valence-electron chi connectivity index (χ4n) is 3.52. The number of anilines is 1. The van der Waals surface area contributed by atoms with E-state index in [4.69, 9.17) is 4.42 Å². The SMILES string of the molecule is O=C(NC[C@H](c1ccco1)N1CCN(c2ccc(F)cc2)CC1)c1ccsc1. The number of hydrogen-bond donors (Lipinski definition) is 1. The lowest BCUT2D eigenvalue weighted by atomic mass is 10.1. The maximum Gasteiger partial charge on any atom is 0.252 e. The monoisotopic (exact) mass is 399 g/mol. The Morgan fingerprint density at radius 2 is 1.93 bits per heavy atom. The van der Waals surface area contributed by atoms with Gasteiger partial charge in [-0.2, -0.15) is 11.3 Å². The van der Waals surface area contributed by atoms with Crippen LogP contribution in [0, 0.1) is 5.82 Å². The minimum Gasteiger partial charge on any atom is -0.468 e. The highest BCUT2D eigenvalue weighted by molar-refractivity contribution is 7.08. The molecule has 3 heterocycles. The highest BCUT2D eigenvalue weighted by Gasteiger charge is 2.27. The molecule has 1 aliphatic rings. The Kier molecular flexibility index (Phi) is 5.73. The quantitative estimate of drug-likeness (QED) is 0.686. The van der Waals surface area contributed by atoms with Crippen molar-refractivity contribution in [3.8, 4) is 0 Å². The number of thiophene rings is 1. The second-order valence-electron chi connectivity index (χ2n) is 6.75. The molecule has 1 aromatic carbocycles. The van der Waals surface area contributed by atoms with Crippen LogP contribution in [0.3, 0.4) is 0 Å². The van der Waals surface area contributed by atoms with Crippen molar-refractivity contribution >= 4 is 22.9 Å². The molecular formula is C21H22FN3O2S. The van der Waals surface area contributed by atoms with Crippen molar-refractivity contribution in [2.24, 2.45) is 0 Å². The van der Waals surface area contributed by atoms with E-state index in [0.29, 0.717) is 12.1 Å². The van der Waals surface area contributed by atoms with Gasteiger partial charge in [0.25, 0.3) is 5.91 Å². The minimum atomic E-state index is -0.221. The summed E-state index contributed by atoms with van der Waals surface area (Å²) in [4.78, 5) is 16.9. The van der Waals surface area contributed by atoms with Gasteiger partial charge in [-0.05, 0) is 47.8 Å². The lowest BCUT2D eigenvalue weighted by Gasteiger charge is -2.39. The molecule has 1 saturated heterocycles. The van der Waals surface area contributed by atoms with Crippen LogP contribution in [0.5, 0.6) is 0 Å². The molecule has 2 aromatic heterocycles. The van der Waals surface area contributed by atoms with Gasteiger partial charge in [-0.15, -0.1) is 0 Å². The zero-order chi connectivity index (χ0) is 19.3. The Morgan fingerprint density at radius 3 is 2.57 bits per heavy atom. The first kappa shape index (κ1) is 18.7. The number of furan rings is 1.